The fourth-order valence-corrected chi connectivity index (χ4v) is 2.48. The van der Waals surface area contributed by atoms with Crippen molar-refractivity contribution in [2.75, 3.05) is 7.11 Å². The van der Waals surface area contributed by atoms with E-state index in [1.54, 1.807) is 7.11 Å². The zero-order valence-electron chi connectivity index (χ0n) is 9.82. The van der Waals surface area contributed by atoms with Crippen LogP contribution < -0.4 is 0 Å². The highest BCUT2D eigenvalue weighted by Crippen LogP contribution is 2.33. The summed E-state index contributed by atoms with van der Waals surface area (Å²) in [6.45, 7) is 1.98. The SMILES string of the molecule is COC(C)c1nc(=S)cc(C2CCCC2)[nH]1. The summed E-state index contributed by atoms with van der Waals surface area (Å²) in [5.74, 6) is 1.48. The highest BCUT2D eigenvalue weighted by molar-refractivity contribution is 7.71. The molecule has 16 heavy (non-hydrogen) atoms. The lowest BCUT2D eigenvalue weighted by molar-refractivity contribution is 0.111. The second-order valence-electron chi connectivity index (χ2n) is 4.42. The number of methoxy groups -OCH3 is 1. The third kappa shape index (κ3) is 2.50. The molecule has 1 aliphatic carbocycles. The number of H-pyrrole nitrogens is 1. The number of nitrogens with one attached hydrogen (secondary N) is 1. The van der Waals surface area contributed by atoms with Crippen molar-refractivity contribution in [1.82, 2.24) is 9.97 Å². The Labute approximate surface area is 101 Å². The lowest BCUT2D eigenvalue weighted by atomic mass is 10.0. The van der Waals surface area contributed by atoms with E-state index in [1.807, 2.05) is 13.0 Å². The van der Waals surface area contributed by atoms with Gasteiger partial charge in [0, 0.05) is 12.8 Å². The Hall–Kier alpha value is -0.740. The zero-order valence-corrected chi connectivity index (χ0v) is 10.6. The summed E-state index contributed by atoms with van der Waals surface area (Å²) >= 11 is 5.20. The quantitative estimate of drug-likeness (QED) is 0.819. The van der Waals surface area contributed by atoms with Crippen LogP contribution >= 0.6 is 12.2 Å². The monoisotopic (exact) mass is 238 g/mol. The van der Waals surface area contributed by atoms with Gasteiger partial charge in [0.1, 0.15) is 16.6 Å². The lowest BCUT2D eigenvalue weighted by Crippen LogP contribution is -2.07. The molecule has 0 radical (unpaired) electrons. The molecule has 0 amide bonds. The first-order valence-electron chi connectivity index (χ1n) is 5.84. The molecule has 2 rings (SSSR count). The van der Waals surface area contributed by atoms with E-state index in [9.17, 15) is 0 Å². The molecule has 1 atom stereocenters. The van der Waals surface area contributed by atoms with E-state index in [0.29, 0.717) is 10.6 Å². The molecule has 1 heterocycles. The van der Waals surface area contributed by atoms with Crippen LogP contribution in [0.15, 0.2) is 6.07 Å². The van der Waals surface area contributed by atoms with Gasteiger partial charge in [-0.05, 0) is 31.7 Å². The molecule has 0 aromatic carbocycles. The molecule has 1 fully saturated rings. The fourth-order valence-electron chi connectivity index (χ4n) is 2.26. The van der Waals surface area contributed by atoms with Crippen molar-refractivity contribution >= 4 is 12.2 Å². The van der Waals surface area contributed by atoms with Crippen molar-refractivity contribution in [2.24, 2.45) is 0 Å². The maximum atomic E-state index is 5.27. The molecule has 1 aromatic rings. The summed E-state index contributed by atoms with van der Waals surface area (Å²) in [6.07, 6.45) is 5.14. The van der Waals surface area contributed by atoms with Crippen LogP contribution in [-0.2, 0) is 4.74 Å². The van der Waals surface area contributed by atoms with Crippen molar-refractivity contribution < 1.29 is 4.74 Å². The molecule has 0 spiro atoms. The van der Waals surface area contributed by atoms with E-state index >= 15 is 0 Å². The topological polar surface area (TPSA) is 37.9 Å². The van der Waals surface area contributed by atoms with E-state index < -0.39 is 0 Å². The third-order valence-electron chi connectivity index (χ3n) is 3.32. The Morgan fingerprint density at radius 1 is 1.50 bits per heavy atom. The van der Waals surface area contributed by atoms with Gasteiger partial charge in [0.2, 0.25) is 0 Å². The molecule has 88 valence electrons. The Kier molecular flexibility index (Phi) is 3.71. The minimum Gasteiger partial charge on any atom is -0.374 e. The molecule has 0 saturated heterocycles. The fraction of sp³-hybridized carbons (Fsp3) is 0.667. The molecular formula is C12H18N2OS. The van der Waals surface area contributed by atoms with Crippen molar-refractivity contribution in [3.8, 4) is 0 Å². The van der Waals surface area contributed by atoms with Gasteiger partial charge in [0.05, 0.1) is 0 Å². The summed E-state index contributed by atoms with van der Waals surface area (Å²) in [7, 11) is 1.69. The van der Waals surface area contributed by atoms with Gasteiger partial charge in [0.25, 0.3) is 0 Å². The Balaban J connectivity index is 2.31. The molecule has 1 aromatic heterocycles. The second kappa shape index (κ2) is 5.06. The van der Waals surface area contributed by atoms with Crippen LogP contribution in [0.4, 0.5) is 0 Å². The molecule has 3 nitrogen and oxygen atoms in total. The first-order chi connectivity index (χ1) is 7.70. The average Bonchev–Trinajstić information content (AvgIpc) is 2.80. The van der Waals surface area contributed by atoms with Crippen molar-refractivity contribution in [2.45, 2.75) is 44.6 Å². The predicted octanol–water partition coefficient (Wildman–Crippen LogP) is 3.50. The van der Waals surface area contributed by atoms with Crippen molar-refractivity contribution in [3.05, 3.63) is 22.2 Å². The summed E-state index contributed by atoms with van der Waals surface area (Å²) < 4.78 is 5.94. The van der Waals surface area contributed by atoms with E-state index in [4.69, 9.17) is 17.0 Å². The van der Waals surface area contributed by atoms with E-state index in [1.165, 1.54) is 31.4 Å². The van der Waals surface area contributed by atoms with E-state index in [2.05, 4.69) is 9.97 Å². The van der Waals surface area contributed by atoms with Crippen LogP contribution in [0.3, 0.4) is 0 Å². The number of ether oxygens (including phenoxy) is 1. The van der Waals surface area contributed by atoms with Gasteiger partial charge in [-0.3, -0.25) is 0 Å². The van der Waals surface area contributed by atoms with Gasteiger partial charge >= 0.3 is 0 Å². The number of rotatable bonds is 3. The first-order valence-corrected chi connectivity index (χ1v) is 6.25. The van der Waals surface area contributed by atoms with Gasteiger partial charge < -0.3 is 9.72 Å². The molecular weight excluding hydrogens is 220 g/mol. The lowest BCUT2D eigenvalue weighted by Gasteiger charge is -2.14. The van der Waals surface area contributed by atoms with Crippen LogP contribution in [0.1, 0.15) is 56.1 Å². The molecule has 1 aliphatic rings. The van der Waals surface area contributed by atoms with Gasteiger partial charge in [-0.15, -0.1) is 0 Å². The smallest absolute Gasteiger partial charge is 0.136 e. The Morgan fingerprint density at radius 2 is 2.19 bits per heavy atom. The number of nitrogens with zero attached hydrogens (tertiary/aromatic N) is 1. The summed E-state index contributed by atoms with van der Waals surface area (Å²) in [5, 5.41) is 0. The molecule has 0 bridgehead atoms. The van der Waals surface area contributed by atoms with Crippen LogP contribution in [-0.4, -0.2) is 17.1 Å². The maximum absolute atomic E-state index is 5.27. The largest absolute Gasteiger partial charge is 0.374 e. The predicted molar refractivity (Wildman–Crippen MR) is 66.1 cm³/mol. The van der Waals surface area contributed by atoms with Gasteiger partial charge in [0.15, 0.2) is 0 Å². The van der Waals surface area contributed by atoms with Crippen molar-refractivity contribution in [3.63, 3.8) is 0 Å². The van der Waals surface area contributed by atoms with Crippen LogP contribution in [0, 0.1) is 4.64 Å². The van der Waals surface area contributed by atoms with Gasteiger partial charge in [-0.2, -0.15) is 0 Å². The molecule has 4 heteroatoms. The number of hydrogen-bond donors (Lipinski definition) is 1. The second-order valence-corrected chi connectivity index (χ2v) is 4.84. The summed E-state index contributed by atoms with van der Waals surface area (Å²) in [5.41, 5.74) is 1.23. The molecule has 1 unspecified atom stereocenters. The van der Waals surface area contributed by atoms with Gasteiger partial charge in [-0.25, -0.2) is 4.98 Å². The van der Waals surface area contributed by atoms with Gasteiger partial charge in [-0.1, -0.05) is 25.1 Å². The molecule has 0 aliphatic heterocycles. The minimum atomic E-state index is -0.0250. The number of hydrogen-bond acceptors (Lipinski definition) is 3. The van der Waals surface area contributed by atoms with Crippen LogP contribution in [0.5, 0.6) is 0 Å². The highest BCUT2D eigenvalue weighted by atomic mass is 32.1. The van der Waals surface area contributed by atoms with Crippen LogP contribution in [0.25, 0.3) is 0 Å². The maximum Gasteiger partial charge on any atom is 0.136 e. The van der Waals surface area contributed by atoms with Crippen LogP contribution in [0.2, 0.25) is 0 Å². The number of aromatic nitrogens is 2. The summed E-state index contributed by atoms with van der Waals surface area (Å²) in [6, 6.07) is 2.00. The Morgan fingerprint density at radius 3 is 2.81 bits per heavy atom. The summed E-state index contributed by atoms with van der Waals surface area (Å²) in [4.78, 5) is 7.69. The van der Waals surface area contributed by atoms with E-state index in [0.717, 1.165) is 5.82 Å². The van der Waals surface area contributed by atoms with E-state index in [-0.39, 0.29) is 6.10 Å². The van der Waals surface area contributed by atoms with Crippen molar-refractivity contribution in [1.29, 1.82) is 0 Å². The number of aromatic amines is 1. The minimum absolute atomic E-state index is 0.0250. The Bertz CT molecular complexity index is 410. The third-order valence-corrected chi connectivity index (χ3v) is 3.52. The zero-order chi connectivity index (χ0) is 11.5. The normalized spacial score (nSPS) is 18.9. The molecule has 1 saturated carbocycles. The average molecular weight is 238 g/mol. The highest BCUT2D eigenvalue weighted by Gasteiger charge is 2.19. The molecule has 1 N–H and O–H groups in total. The first kappa shape index (κ1) is 11.7. The standard InChI is InChI=1S/C12H18N2OS/c1-8(15-2)12-13-10(7-11(16)14-12)9-5-3-4-6-9/h7-9H,3-6H2,1-2H3,(H,13,14,16).